The molecule has 0 radical (unpaired) electrons. The summed E-state index contributed by atoms with van der Waals surface area (Å²) >= 11 is 0. The Kier molecular flexibility index (Phi) is 5.73. The second kappa shape index (κ2) is 8.21. The first-order valence-corrected chi connectivity index (χ1v) is 9.04. The van der Waals surface area contributed by atoms with Crippen LogP contribution in [0.5, 0.6) is 0 Å². The molecule has 0 unspecified atom stereocenters. The van der Waals surface area contributed by atoms with Crippen molar-refractivity contribution in [3.05, 3.63) is 59.9 Å². The maximum absolute atomic E-state index is 13.3. The molecule has 1 aliphatic heterocycles. The predicted octanol–water partition coefficient (Wildman–Crippen LogP) is 2.59. The van der Waals surface area contributed by atoms with E-state index in [9.17, 15) is 18.8 Å². The van der Waals surface area contributed by atoms with E-state index in [-0.39, 0.29) is 43.1 Å². The van der Waals surface area contributed by atoms with E-state index < -0.39 is 5.82 Å². The minimum atomic E-state index is -0.406. The molecule has 28 heavy (non-hydrogen) atoms. The summed E-state index contributed by atoms with van der Waals surface area (Å²) in [5, 5.41) is 2.80. The lowest BCUT2D eigenvalue weighted by atomic mass is 10.1. The third kappa shape index (κ3) is 4.36. The van der Waals surface area contributed by atoms with Gasteiger partial charge in [0.05, 0.1) is 24.3 Å². The molecule has 3 rings (SSSR count). The van der Waals surface area contributed by atoms with Crippen LogP contribution in [0.4, 0.5) is 15.8 Å². The molecular formula is C21H22FN3O3. The quantitative estimate of drug-likeness (QED) is 0.882. The third-order valence-corrected chi connectivity index (χ3v) is 4.67. The number of halogens is 1. The largest absolute Gasteiger partial charge is 0.336 e. The van der Waals surface area contributed by atoms with Gasteiger partial charge in [-0.25, -0.2) is 4.39 Å². The summed E-state index contributed by atoms with van der Waals surface area (Å²) < 4.78 is 13.3. The highest BCUT2D eigenvalue weighted by atomic mass is 19.1. The average molecular weight is 383 g/mol. The van der Waals surface area contributed by atoms with Crippen molar-refractivity contribution < 1.29 is 18.8 Å². The zero-order valence-electron chi connectivity index (χ0n) is 15.8. The van der Waals surface area contributed by atoms with Crippen LogP contribution in [0.2, 0.25) is 0 Å². The normalized spacial score (nSPS) is 16.0. The molecule has 0 bridgehead atoms. The molecule has 1 heterocycles. The molecule has 1 atom stereocenters. The Morgan fingerprint density at radius 1 is 1.21 bits per heavy atom. The van der Waals surface area contributed by atoms with E-state index in [0.29, 0.717) is 16.9 Å². The number of hydrogen-bond donors (Lipinski definition) is 1. The number of likely N-dealkylation sites (N-methyl/N-ethyl adjacent to an activating group) is 1. The van der Waals surface area contributed by atoms with E-state index in [1.54, 1.807) is 48.2 Å². The lowest BCUT2D eigenvalue weighted by Gasteiger charge is -2.29. The number of carbonyl (C=O) groups is 3. The topological polar surface area (TPSA) is 69.7 Å². The van der Waals surface area contributed by atoms with E-state index in [0.717, 1.165) is 0 Å². The summed E-state index contributed by atoms with van der Waals surface area (Å²) in [6.07, 6.45) is 0.176. The summed E-state index contributed by atoms with van der Waals surface area (Å²) in [4.78, 5) is 40.4. The van der Waals surface area contributed by atoms with Gasteiger partial charge in [0.15, 0.2) is 0 Å². The van der Waals surface area contributed by atoms with Crippen LogP contribution in [0, 0.1) is 5.82 Å². The first-order valence-electron chi connectivity index (χ1n) is 9.04. The van der Waals surface area contributed by atoms with Crippen molar-refractivity contribution in [1.29, 1.82) is 0 Å². The molecule has 0 aliphatic carbocycles. The maximum atomic E-state index is 13.3. The first kappa shape index (κ1) is 19.5. The molecule has 0 fully saturated rings. The Balaban J connectivity index is 1.74. The first-order chi connectivity index (χ1) is 13.3. The van der Waals surface area contributed by atoms with Crippen molar-refractivity contribution in [3.63, 3.8) is 0 Å². The Bertz CT molecular complexity index is 915. The summed E-state index contributed by atoms with van der Waals surface area (Å²) in [7, 11) is 1.54. The molecule has 1 N–H and O–H groups in total. The molecule has 2 aromatic carbocycles. The Morgan fingerprint density at radius 2 is 1.96 bits per heavy atom. The smallest absolute Gasteiger partial charge is 0.246 e. The molecule has 7 heteroatoms. The zero-order chi connectivity index (χ0) is 20.3. The van der Waals surface area contributed by atoms with Crippen LogP contribution in [0.25, 0.3) is 0 Å². The van der Waals surface area contributed by atoms with Crippen LogP contribution in [0.1, 0.15) is 18.9 Å². The van der Waals surface area contributed by atoms with Crippen LogP contribution in [-0.2, 0) is 20.8 Å². The highest BCUT2D eigenvalue weighted by Crippen LogP contribution is 2.31. The van der Waals surface area contributed by atoms with Gasteiger partial charge in [-0.1, -0.05) is 24.3 Å². The van der Waals surface area contributed by atoms with Gasteiger partial charge in [-0.3, -0.25) is 14.4 Å². The van der Waals surface area contributed by atoms with Crippen molar-refractivity contribution >= 4 is 29.1 Å². The molecule has 3 amide bonds. The number of nitrogens with zero attached hydrogens (tertiary/aromatic N) is 2. The van der Waals surface area contributed by atoms with Gasteiger partial charge in [0.25, 0.3) is 0 Å². The van der Waals surface area contributed by atoms with E-state index in [4.69, 9.17) is 0 Å². The van der Waals surface area contributed by atoms with Gasteiger partial charge >= 0.3 is 0 Å². The Hall–Kier alpha value is -3.22. The standard InChI is InChI=1S/C21H22FN3O3/c1-14-10-19(26)23-17-8-3-4-9-18(17)25(14)21(28)13-24(2)20(27)12-15-6-5-7-16(22)11-15/h3-9,11,14H,10,12-13H2,1-2H3,(H,23,26)/t14-/m1/s1. The molecule has 2 aromatic rings. The number of hydrogen-bond acceptors (Lipinski definition) is 3. The zero-order valence-corrected chi connectivity index (χ0v) is 15.8. The van der Waals surface area contributed by atoms with Crippen molar-refractivity contribution in [2.24, 2.45) is 0 Å². The molecule has 1 aliphatic rings. The van der Waals surface area contributed by atoms with Crippen molar-refractivity contribution in [1.82, 2.24) is 4.90 Å². The number of anilines is 2. The van der Waals surface area contributed by atoms with Gasteiger partial charge in [0.1, 0.15) is 5.82 Å². The number of nitrogens with one attached hydrogen (secondary N) is 1. The maximum Gasteiger partial charge on any atom is 0.246 e. The molecule has 0 saturated carbocycles. The minimum Gasteiger partial charge on any atom is -0.336 e. The molecule has 146 valence electrons. The minimum absolute atomic E-state index is 0.00766. The summed E-state index contributed by atoms with van der Waals surface area (Å²) in [6, 6.07) is 12.6. The van der Waals surface area contributed by atoms with Crippen LogP contribution in [0.3, 0.4) is 0 Å². The number of carbonyl (C=O) groups excluding carboxylic acids is 3. The van der Waals surface area contributed by atoms with E-state index in [2.05, 4.69) is 5.32 Å². The molecule has 0 saturated heterocycles. The second-order valence-corrected chi connectivity index (χ2v) is 6.94. The van der Waals surface area contributed by atoms with Gasteiger partial charge in [-0.15, -0.1) is 0 Å². The van der Waals surface area contributed by atoms with E-state index in [1.165, 1.54) is 24.1 Å². The Morgan fingerprint density at radius 3 is 2.71 bits per heavy atom. The van der Waals surface area contributed by atoms with Crippen molar-refractivity contribution in [2.45, 2.75) is 25.8 Å². The van der Waals surface area contributed by atoms with Crippen LogP contribution >= 0.6 is 0 Å². The lowest BCUT2D eigenvalue weighted by Crippen LogP contribution is -2.45. The SMILES string of the molecule is C[C@@H]1CC(=O)Nc2ccccc2N1C(=O)CN(C)C(=O)Cc1cccc(F)c1. The third-order valence-electron chi connectivity index (χ3n) is 4.67. The monoisotopic (exact) mass is 383 g/mol. The average Bonchev–Trinajstić information content (AvgIpc) is 2.75. The number of rotatable bonds is 4. The molecular weight excluding hydrogens is 361 g/mol. The second-order valence-electron chi connectivity index (χ2n) is 6.94. The number of fused-ring (bicyclic) bond motifs is 1. The van der Waals surface area contributed by atoms with Gasteiger partial charge in [-0.05, 0) is 36.8 Å². The van der Waals surface area contributed by atoms with Crippen molar-refractivity contribution in [3.8, 4) is 0 Å². The summed E-state index contributed by atoms with van der Waals surface area (Å²) in [5.41, 5.74) is 1.73. The van der Waals surface area contributed by atoms with E-state index >= 15 is 0 Å². The van der Waals surface area contributed by atoms with Gasteiger partial charge < -0.3 is 15.1 Å². The lowest BCUT2D eigenvalue weighted by molar-refractivity contribution is -0.133. The fourth-order valence-corrected chi connectivity index (χ4v) is 3.29. The van der Waals surface area contributed by atoms with E-state index in [1.807, 2.05) is 0 Å². The highest BCUT2D eigenvalue weighted by Gasteiger charge is 2.30. The number of benzene rings is 2. The van der Waals surface area contributed by atoms with Crippen LogP contribution < -0.4 is 10.2 Å². The number of amides is 3. The fourth-order valence-electron chi connectivity index (χ4n) is 3.29. The van der Waals surface area contributed by atoms with Gasteiger partial charge in [0, 0.05) is 19.5 Å². The summed E-state index contributed by atoms with van der Waals surface area (Å²) in [5.74, 6) is -1.14. The Labute approximate surface area is 162 Å². The van der Waals surface area contributed by atoms with Crippen LogP contribution in [0.15, 0.2) is 48.5 Å². The van der Waals surface area contributed by atoms with Crippen LogP contribution in [-0.4, -0.2) is 42.3 Å². The highest BCUT2D eigenvalue weighted by molar-refractivity contribution is 6.05. The predicted molar refractivity (Wildman–Crippen MR) is 104 cm³/mol. The summed E-state index contributed by atoms with van der Waals surface area (Å²) in [6.45, 7) is 1.66. The fraction of sp³-hybridized carbons (Fsp3) is 0.286. The molecule has 0 spiro atoms. The van der Waals surface area contributed by atoms with Gasteiger partial charge in [0.2, 0.25) is 17.7 Å². The van der Waals surface area contributed by atoms with Crippen molar-refractivity contribution in [2.75, 3.05) is 23.8 Å². The number of para-hydroxylation sites is 2. The van der Waals surface area contributed by atoms with Gasteiger partial charge in [-0.2, -0.15) is 0 Å². The molecule has 0 aromatic heterocycles. The molecule has 6 nitrogen and oxygen atoms in total.